The highest BCUT2D eigenvalue weighted by atomic mass is 14.9. The van der Waals surface area contributed by atoms with Crippen LogP contribution >= 0.6 is 0 Å². The summed E-state index contributed by atoms with van der Waals surface area (Å²) in [4.78, 5) is 0. The molecule has 1 heterocycles. The third kappa shape index (κ3) is 2.28. The summed E-state index contributed by atoms with van der Waals surface area (Å²) < 4.78 is 0. The minimum Gasteiger partial charge on any atom is -0.323 e. The Hall–Kier alpha value is -1.12. The zero-order valence-electron chi connectivity index (χ0n) is 9.38. The number of rotatable bonds is 1. The van der Waals surface area contributed by atoms with E-state index in [4.69, 9.17) is 5.73 Å². The Bertz CT molecular complexity index is 394. The first-order valence-electron chi connectivity index (χ1n) is 5.41. The lowest BCUT2D eigenvalue weighted by Gasteiger charge is -2.20. The molecule has 2 rings (SSSR count). The lowest BCUT2D eigenvalue weighted by Crippen LogP contribution is -2.37. The van der Waals surface area contributed by atoms with Crippen LogP contribution in [-0.2, 0) is 0 Å². The van der Waals surface area contributed by atoms with Gasteiger partial charge in [0.25, 0.3) is 0 Å². The fourth-order valence-electron chi connectivity index (χ4n) is 2.11. The van der Waals surface area contributed by atoms with Crippen molar-refractivity contribution in [2.75, 3.05) is 13.1 Å². The third-order valence-electron chi connectivity index (χ3n) is 2.84. The van der Waals surface area contributed by atoms with Crippen LogP contribution in [-0.4, -0.2) is 19.1 Å². The summed E-state index contributed by atoms with van der Waals surface area (Å²) in [6.45, 7) is 6.09. The van der Waals surface area contributed by atoms with E-state index < -0.39 is 0 Å². The van der Waals surface area contributed by atoms with Gasteiger partial charge in [-0.1, -0.05) is 29.8 Å². The Labute approximate surface area is 91.2 Å². The van der Waals surface area contributed by atoms with E-state index in [2.05, 4.69) is 43.4 Å². The Morgan fingerprint density at radius 1 is 1.33 bits per heavy atom. The van der Waals surface area contributed by atoms with Gasteiger partial charge in [-0.3, -0.25) is 0 Å². The van der Waals surface area contributed by atoms with Gasteiger partial charge in [-0.2, -0.15) is 0 Å². The lowest BCUT2D eigenvalue weighted by atomic mass is 9.95. The van der Waals surface area contributed by atoms with Gasteiger partial charge in [0.1, 0.15) is 0 Å². The van der Waals surface area contributed by atoms with Crippen molar-refractivity contribution < 1.29 is 0 Å². The van der Waals surface area contributed by atoms with Crippen LogP contribution in [0.4, 0.5) is 0 Å². The standard InChI is InChI=1S/C13H18N2/c1-9-3-4-13(10(2)5-9)11-6-12(14)8-15-7-11/h3-6,12,15H,7-8,14H2,1-2H3. The molecule has 0 aromatic heterocycles. The number of hydrogen-bond acceptors (Lipinski definition) is 2. The molecule has 0 saturated carbocycles. The predicted octanol–water partition coefficient (Wildman–Crippen LogP) is 1.62. The number of nitrogens with one attached hydrogen (secondary N) is 1. The molecule has 1 atom stereocenters. The first-order chi connectivity index (χ1) is 7.16. The molecule has 80 valence electrons. The van der Waals surface area contributed by atoms with Crippen LogP contribution in [0.15, 0.2) is 24.3 Å². The molecule has 0 saturated heterocycles. The van der Waals surface area contributed by atoms with Crippen LogP contribution < -0.4 is 11.1 Å². The smallest absolute Gasteiger partial charge is 0.0357 e. The maximum absolute atomic E-state index is 5.90. The zero-order chi connectivity index (χ0) is 10.8. The summed E-state index contributed by atoms with van der Waals surface area (Å²) in [7, 11) is 0. The molecular weight excluding hydrogens is 184 g/mol. The minimum absolute atomic E-state index is 0.148. The highest BCUT2D eigenvalue weighted by Gasteiger charge is 2.12. The fraction of sp³-hybridized carbons (Fsp3) is 0.385. The number of hydrogen-bond donors (Lipinski definition) is 2. The van der Waals surface area contributed by atoms with Gasteiger partial charge < -0.3 is 11.1 Å². The van der Waals surface area contributed by atoms with E-state index in [1.54, 1.807) is 0 Å². The second kappa shape index (κ2) is 4.17. The number of nitrogens with two attached hydrogens (primary N) is 1. The normalized spacial score (nSPS) is 21.3. The number of aryl methyl sites for hydroxylation is 2. The van der Waals surface area contributed by atoms with Gasteiger partial charge in [-0.15, -0.1) is 0 Å². The molecule has 0 radical (unpaired) electrons. The van der Waals surface area contributed by atoms with Crippen LogP contribution in [0.2, 0.25) is 0 Å². The molecule has 1 aromatic carbocycles. The van der Waals surface area contributed by atoms with Crippen LogP contribution in [0, 0.1) is 13.8 Å². The largest absolute Gasteiger partial charge is 0.323 e. The molecule has 15 heavy (non-hydrogen) atoms. The summed E-state index contributed by atoms with van der Waals surface area (Å²) in [6, 6.07) is 6.71. The third-order valence-corrected chi connectivity index (χ3v) is 2.84. The van der Waals surface area contributed by atoms with Crippen LogP contribution in [0.5, 0.6) is 0 Å². The van der Waals surface area contributed by atoms with Gasteiger partial charge in [-0.25, -0.2) is 0 Å². The molecule has 1 aliphatic heterocycles. The number of benzene rings is 1. The van der Waals surface area contributed by atoms with Crippen LogP contribution in [0.1, 0.15) is 16.7 Å². The highest BCUT2D eigenvalue weighted by molar-refractivity contribution is 5.71. The van der Waals surface area contributed by atoms with Crippen molar-refractivity contribution in [3.05, 3.63) is 41.0 Å². The van der Waals surface area contributed by atoms with Crippen molar-refractivity contribution in [2.24, 2.45) is 5.73 Å². The first kappa shape index (κ1) is 10.4. The monoisotopic (exact) mass is 202 g/mol. The summed E-state index contributed by atoms with van der Waals surface area (Å²) in [5, 5.41) is 3.33. The van der Waals surface area contributed by atoms with Crippen molar-refractivity contribution in [2.45, 2.75) is 19.9 Å². The van der Waals surface area contributed by atoms with E-state index in [0.717, 1.165) is 13.1 Å². The van der Waals surface area contributed by atoms with Crippen molar-refractivity contribution in [1.29, 1.82) is 0 Å². The summed E-state index contributed by atoms with van der Waals surface area (Å²) >= 11 is 0. The van der Waals surface area contributed by atoms with Crippen LogP contribution in [0.25, 0.3) is 5.57 Å². The predicted molar refractivity (Wildman–Crippen MR) is 64.7 cm³/mol. The molecular formula is C13H18N2. The van der Waals surface area contributed by atoms with Gasteiger partial charge in [0.05, 0.1) is 0 Å². The molecule has 2 nitrogen and oxygen atoms in total. The molecule has 3 N–H and O–H groups in total. The molecule has 0 amide bonds. The quantitative estimate of drug-likeness (QED) is 0.726. The van der Waals surface area contributed by atoms with E-state index in [0.29, 0.717) is 0 Å². The second-order valence-electron chi connectivity index (χ2n) is 4.31. The molecule has 1 unspecified atom stereocenters. The summed E-state index contributed by atoms with van der Waals surface area (Å²) in [5.74, 6) is 0. The maximum atomic E-state index is 5.90. The second-order valence-corrected chi connectivity index (χ2v) is 4.31. The topological polar surface area (TPSA) is 38.0 Å². The molecule has 1 aromatic rings. The van der Waals surface area contributed by atoms with E-state index in [9.17, 15) is 0 Å². The minimum atomic E-state index is 0.148. The van der Waals surface area contributed by atoms with Gasteiger partial charge in [0.2, 0.25) is 0 Å². The molecule has 0 bridgehead atoms. The van der Waals surface area contributed by atoms with E-state index in [1.165, 1.54) is 22.3 Å². The van der Waals surface area contributed by atoms with Crippen molar-refractivity contribution in [3.8, 4) is 0 Å². The molecule has 0 spiro atoms. The highest BCUT2D eigenvalue weighted by Crippen LogP contribution is 2.21. The summed E-state index contributed by atoms with van der Waals surface area (Å²) in [5.41, 5.74) is 11.2. The average molecular weight is 202 g/mol. The first-order valence-corrected chi connectivity index (χ1v) is 5.41. The van der Waals surface area contributed by atoms with Gasteiger partial charge in [0, 0.05) is 19.1 Å². The average Bonchev–Trinajstić information content (AvgIpc) is 2.17. The van der Waals surface area contributed by atoms with Gasteiger partial charge in [0.15, 0.2) is 0 Å². The SMILES string of the molecule is Cc1ccc(C2=CC(N)CNC2)c(C)c1. The Balaban J connectivity index is 2.37. The molecule has 1 aliphatic rings. The molecule has 0 aliphatic carbocycles. The zero-order valence-corrected chi connectivity index (χ0v) is 9.38. The van der Waals surface area contributed by atoms with Gasteiger partial charge >= 0.3 is 0 Å². The fourth-order valence-corrected chi connectivity index (χ4v) is 2.11. The lowest BCUT2D eigenvalue weighted by molar-refractivity contribution is 0.662. The van der Waals surface area contributed by atoms with Crippen molar-refractivity contribution in [3.63, 3.8) is 0 Å². The van der Waals surface area contributed by atoms with Crippen LogP contribution in [0.3, 0.4) is 0 Å². The Kier molecular flexibility index (Phi) is 2.89. The Morgan fingerprint density at radius 3 is 2.80 bits per heavy atom. The van der Waals surface area contributed by atoms with Crippen molar-refractivity contribution >= 4 is 5.57 Å². The van der Waals surface area contributed by atoms with E-state index in [1.807, 2.05) is 0 Å². The van der Waals surface area contributed by atoms with Crippen molar-refractivity contribution in [1.82, 2.24) is 5.32 Å². The molecule has 0 fully saturated rings. The van der Waals surface area contributed by atoms with Gasteiger partial charge in [-0.05, 0) is 30.5 Å². The van der Waals surface area contributed by atoms with E-state index in [-0.39, 0.29) is 6.04 Å². The summed E-state index contributed by atoms with van der Waals surface area (Å²) in [6.07, 6.45) is 2.17. The van der Waals surface area contributed by atoms with E-state index >= 15 is 0 Å². The Morgan fingerprint density at radius 2 is 2.13 bits per heavy atom. The molecule has 2 heteroatoms. The maximum Gasteiger partial charge on any atom is 0.0357 e.